The van der Waals surface area contributed by atoms with E-state index in [4.69, 9.17) is 5.73 Å². The number of aromatic nitrogens is 3. The number of thiazole rings is 1. The van der Waals surface area contributed by atoms with Gasteiger partial charge in [-0.15, -0.1) is 0 Å². The molecule has 33 heavy (non-hydrogen) atoms. The smallest absolute Gasteiger partial charge is 0.180 e. The lowest BCUT2D eigenvalue weighted by Gasteiger charge is -2.33. The number of anilines is 3. The number of nitrogens with two attached hydrogens (primary N) is 1. The van der Waals surface area contributed by atoms with Gasteiger partial charge in [0, 0.05) is 57.2 Å². The number of nitrogens with zero attached hydrogens (tertiary/aromatic N) is 5. The number of hydrogen-bond donors (Lipinski definition) is 2. The topological polar surface area (TPSA) is 83.2 Å². The Balaban J connectivity index is 0.000000160. The van der Waals surface area contributed by atoms with Gasteiger partial charge in [0.05, 0.1) is 4.88 Å². The summed E-state index contributed by atoms with van der Waals surface area (Å²) in [6.07, 6.45) is 7.39. The molecular weight excluding hydrogens is 430 g/mol. The number of fused-ring (bicyclic) bond motifs is 1. The molecule has 3 N–H and O–H groups in total. The minimum absolute atomic E-state index is 0.593. The number of benzene rings is 1. The van der Waals surface area contributed by atoms with Crippen LogP contribution in [0.5, 0.6) is 0 Å². The van der Waals surface area contributed by atoms with E-state index in [-0.39, 0.29) is 0 Å². The minimum Gasteiger partial charge on any atom is -0.375 e. The summed E-state index contributed by atoms with van der Waals surface area (Å²) in [4.78, 5) is 18.5. The van der Waals surface area contributed by atoms with Crippen LogP contribution in [0.2, 0.25) is 0 Å². The number of piperazine rings is 1. The number of pyridine rings is 2. The first-order valence-electron chi connectivity index (χ1n) is 10.9. The van der Waals surface area contributed by atoms with Gasteiger partial charge in [-0.2, -0.15) is 0 Å². The summed E-state index contributed by atoms with van der Waals surface area (Å²) in [5, 5.41) is 5.91. The normalized spacial score (nSPS) is 13.9. The molecule has 1 saturated heterocycles. The van der Waals surface area contributed by atoms with Gasteiger partial charge < -0.3 is 20.9 Å². The van der Waals surface area contributed by atoms with Crippen LogP contribution in [-0.4, -0.2) is 60.1 Å². The average molecular weight is 460 g/mol. The monoisotopic (exact) mass is 459 g/mol. The van der Waals surface area contributed by atoms with E-state index in [9.17, 15) is 0 Å². The molecular formula is C25H29N7S. The lowest BCUT2D eigenvalue weighted by molar-refractivity contribution is 0.312. The van der Waals surface area contributed by atoms with Gasteiger partial charge in [-0.25, -0.2) is 15.0 Å². The molecule has 170 valence electrons. The van der Waals surface area contributed by atoms with E-state index < -0.39 is 0 Å². The lowest BCUT2D eigenvalue weighted by Crippen LogP contribution is -2.44. The fraction of sp³-hybridized carbons (Fsp3) is 0.240. The highest BCUT2D eigenvalue weighted by Crippen LogP contribution is 2.30. The zero-order valence-corrected chi connectivity index (χ0v) is 19.8. The minimum atomic E-state index is 0.593. The van der Waals surface area contributed by atoms with E-state index in [0.717, 1.165) is 64.6 Å². The Morgan fingerprint density at radius 1 is 1.00 bits per heavy atom. The van der Waals surface area contributed by atoms with Crippen LogP contribution in [0, 0.1) is 0 Å². The number of likely N-dealkylation sites (N-methyl/N-ethyl adjacent to an activating group) is 1. The lowest BCUT2D eigenvalue weighted by atomic mass is 10.1. The molecule has 0 unspecified atom stereocenters. The Morgan fingerprint density at radius 3 is 2.52 bits per heavy atom. The molecule has 1 aromatic carbocycles. The Hall–Kier alpha value is -3.49. The Morgan fingerprint density at radius 2 is 1.82 bits per heavy atom. The van der Waals surface area contributed by atoms with Gasteiger partial charge in [0.25, 0.3) is 0 Å². The fourth-order valence-corrected chi connectivity index (χ4v) is 4.30. The van der Waals surface area contributed by atoms with Crippen molar-refractivity contribution in [3.05, 3.63) is 67.1 Å². The third-order valence-electron chi connectivity index (χ3n) is 5.62. The second kappa shape index (κ2) is 10.4. The molecule has 0 aliphatic carbocycles. The molecule has 0 spiro atoms. The predicted molar refractivity (Wildman–Crippen MR) is 141 cm³/mol. The van der Waals surface area contributed by atoms with Crippen molar-refractivity contribution in [2.75, 3.05) is 56.2 Å². The van der Waals surface area contributed by atoms with Gasteiger partial charge in [0.15, 0.2) is 5.13 Å². The predicted octanol–water partition coefficient (Wildman–Crippen LogP) is 4.46. The molecule has 0 amide bonds. The van der Waals surface area contributed by atoms with Crippen LogP contribution >= 0.6 is 11.3 Å². The number of rotatable bonds is 4. The molecule has 5 rings (SSSR count). The number of nitrogens with one attached hydrogen (secondary N) is 1. The second-order valence-electron chi connectivity index (χ2n) is 7.89. The van der Waals surface area contributed by atoms with Crippen LogP contribution in [0.4, 0.5) is 16.8 Å². The summed E-state index contributed by atoms with van der Waals surface area (Å²) in [5.74, 6) is 1.93. The molecule has 1 fully saturated rings. The molecule has 0 atom stereocenters. The molecule has 0 radical (unpaired) electrons. The molecule has 8 heteroatoms. The first-order chi connectivity index (χ1) is 16.1. The highest BCUT2D eigenvalue weighted by atomic mass is 32.1. The SMILES string of the molecule is C=Cc1ccnc(N2CCN(C)CC2)c1.CNc1cc2cc(-c3cnc(N)s3)ccc2cn1. The van der Waals surface area contributed by atoms with Crippen molar-refractivity contribution in [1.29, 1.82) is 0 Å². The summed E-state index contributed by atoms with van der Waals surface area (Å²) < 4.78 is 0. The molecule has 4 heterocycles. The van der Waals surface area contributed by atoms with Crippen LogP contribution in [0.3, 0.4) is 0 Å². The van der Waals surface area contributed by atoms with Gasteiger partial charge in [-0.05, 0) is 47.8 Å². The van der Waals surface area contributed by atoms with Crippen molar-refractivity contribution < 1.29 is 0 Å². The first-order valence-corrected chi connectivity index (χ1v) is 11.7. The Bertz CT molecular complexity index is 1230. The van der Waals surface area contributed by atoms with Gasteiger partial charge in [-0.3, -0.25) is 0 Å². The van der Waals surface area contributed by atoms with E-state index in [0.29, 0.717) is 5.13 Å². The standard InChI is InChI=1S/C13H12N4S.C12H17N3/c1-15-12-5-10-4-8(2-3-9(10)6-16-12)11-7-17-13(14)18-11;1-3-11-4-5-13-12(10-11)15-8-6-14(2)7-9-15/h2-7H,1H3,(H2,14,17)(H,15,16);3-5,10H,1,6-9H2,2H3. The molecule has 7 nitrogen and oxygen atoms in total. The van der Waals surface area contributed by atoms with Gasteiger partial charge in [0.2, 0.25) is 0 Å². The van der Waals surface area contributed by atoms with Crippen molar-refractivity contribution in [3.63, 3.8) is 0 Å². The average Bonchev–Trinajstić information content (AvgIpc) is 3.30. The maximum absolute atomic E-state index is 5.66. The largest absolute Gasteiger partial charge is 0.375 e. The highest BCUT2D eigenvalue weighted by Gasteiger charge is 2.14. The van der Waals surface area contributed by atoms with E-state index in [2.05, 4.69) is 68.0 Å². The fourth-order valence-electron chi connectivity index (χ4n) is 3.62. The van der Waals surface area contributed by atoms with Crippen LogP contribution in [0.1, 0.15) is 5.56 Å². The van der Waals surface area contributed by atoms with Crippen molar-refractivity contribution in [2.45, 2.75) is 0 Å². The van der Waals surface area contributed by atoms with Crippen LogP contribution in [0.15, 0.2) is 61.6 Å². The zero-order chi connectivity index (χ0) is 23.2. The van der Waals surface area contributed by atoms with Crippen LogP contribution < -0.4 is 16.0 Å². The molecule has 1 aliphatic rings. The summed E-state index contributed by atoms with van der Waals surface area (Å²) >= 11 is 1.49. The molecule has 4 aromatic rings. The number of nitrogen functional groups attached to an aromatic ring is 1. The third-order valence-corrected chi connectivity index (χ3v) is 6.49. The Kier molecular flexibility index (Phi) is 7.16. The van der Waals surface area contributed by atoms with Crippen LogP contribution in [-0.2, 0) is 0 Å². The van der Waals surface area contributed by atoms with Crippen molar-refractivity contribution >= 4 is 45.0 Å². The maximum Gasteiger partial charge on any atom is 0.180 e. The van der Waals surface area contributed by atoms with E-state index >= 15 is 0 Å². The first kappa shape index (κ1) is 22.7. The second-order valence-corrected chi connectivity index (χ2v) is 8.95. The van der Waals surface area contributed by atoms with Gasteiger partial charge in [0.1, 0.15) is 11.6 Å². The van der Waals surface area contributed by atoms with E-state index in [1.807, 2.05) is 37.7 Å². The van der Waals surface area contributed by atoms with Crippen molar-refractivity contribution in [2.24, 2.45) is 0 Å². The quantitative estimate of drug-likeness (QED) is 0.466. The van der Waals surface area contributed by atoms with E-state index in [1.165, 1.54) is 11.3 Å². The number of hydrogen-bond acceptors (Lipinski definition) is 8. The van der Waals surface area contributed by atoms with Crippen molar-refractivity contribution in [3.8, 4) is 10.4 Å². The van der Waals surface area contributed by atoms with Crippen molar-refractivity contribution in [1.82, 2.24) is 19.9 Å². The summed E-state index contributed by atoms with van der Waals surface area (Å²) in [5.41, 5.74) is 7.93. The molecule has 1 aliphatic heterocycles. The highest BCUT2D eigenvalue weighted by molar-refractivity contribution is 7.18. The molecule has 3 aromatic heterocycles. The summed E-state index contributed by atoms with van der Waals surface area (Å²) in [6, 6.07) is 12.4. The molecule has 0 saturated carbocycles. The molecule has 0 bridgehead atoms. The van der Waals surface area contributed by atoms with E-state index in [1.54, 1.807) is 6.20 Å². The zero-order valence-electron chi connectivity index (χ0n) is 19.0. The van der Waals surface area contributed by atoms with Gasteiger partial charge in [-0.1, -0.05) is 36.1 Å². The van der Waals surface area contributed by atoms with Crippen LogP contribution in [0.25, 0.3) is 27.3 Å². The summed E-state index contributed by atoms with van der Waals surface area (Å²) in [6.45, 7) is 8.12. The maximum atomic E-state index is 5.66. The Labute approximate surface area is 198 Å². The van der Waals surface area contributed by atoms with Gasteiger partial charge >= 0.3 is 0 Å². The third kappa shape index (κ3) is 5.66. The summed E-state index contributed by atoms with van der Waals surface area (Å²) in [7, 11) is 4.02.